The minimum Gasteiger partial charge on any atom is -0.356 e. The summed E-state index contributed by atoms with van der Waals surface area (Å²) in [5.74, 6) is 2.24. The summed E-state index contributed by atoms with van der Waals surface area (Å²) in [4.78, 5) is 11.3. The second kappa shape index (κ2) is 5.35. The summed E-state index contributed by atoms with van der Waals surface area (Å²) < 4.78 is 5.26. The van der Waals surface area contributed by atoms with E-state index >= 15 is 0 Å². The van der Waals surface area contributed by atoms with Gasteiger partial charge in [0.2, 0.25) is 0 Å². The molecule has 2 saturated heterocycles. The monoisotopic (exact) mass is 299 g/mol. The van der Waals surface area contributed by atoms with E-state index < -0.39 is 0 Å². The average molecular weight is 299 g/mol. The van der Waals surface area contributed by atoms with Crippen LogP contribution in [0, 0.1) is 12.3 Å². The van der Waals surface area contributed by atoms with E-state index in [2.05, 4.69) is 31.4 Å². The Morgan fingerprint density at radius 3 is 2.91 bits per heavy atom. The number of pyridine rings is 1. The van der Waals surface area contributed by atoms with Gasteiger partial charge >= 0.3 is 0 Å². The van der Waals surface area contributed by atoms with Crippen molar-refractivity contribution >= 4 is 5.82 Å². The van der Waals surface area contributed by atoms with Gasteiger partial charge in [-0.15, -0.1) is 0 Å². The zero-order chi connectivity index (χ0) is 15.0. The standard InChI is InChI=1S/C16H21N5O/c1-12-19-15(22-20-12)13-2-6-18-14(10-13)21-9-5-16(11-21)3-7-17-8-4-16/h2,6,10,17H,3-5,7-9,11H2,1H3. The van der Waals surface area contributed by atoms with Crippen LogP contribution in [0.15, 0.2) is 22.9 Å². The molecule has 4 heterocycles. The molecule has 0 bridgehead atoms. The van der Waals surface area contributed by atoms with E-state index in [1.807, 2.05) is 19.2 Å². The molecule has 0 saturated carbocycles. The van der Waals surface area contributed by atoms with Crippen molar-refractivity contribution in [3.63, 3.8) is 0 Å². The number of aryl methyl sites for hydroxylation is 1. The Hall–Kier alpha value is -1.95. The van der Waals surface area contributed by atoms with Crippen molar-refractivity contribution in [2.45, 2.75) is 26.2 Å². The number of nitrogens with one attached hydrogen (secondary N) is 1. The number of aromatic nitrogens is 3. The fourth-order valence-corrected chi connectivity index (χ4v) is 3.63. The summed E-state index contributed by atoms with van der Waals surface area (Å²) in [6.07, 6.45) is 5.63. The van der Waals surface area contributed by atoms with Gasteiger partial charge < -0.3 is 14.7 Å². The number of nitrogens with zero attached hydrogens (tertiary/aromatic N) is 4. The first-order valence-electron chi connectivity index (χ1n) is 7.97. The van der Waals surface area contributed by atoms with Gasteiger partial charge in [0.1, 0.15) is 5.82 Å². The maximum Gasteiger partial charge on any atom is 0.258 e. The summed E-state index contributed by atoms with van der Waals surface area (Å²) in [6.45, 7) is 6.30. The van der Waals surface area contributed by atoms with Crippen molar-refractivity contribution in [3.8, 4) is 11.5 Å². The molecule has 0 aliphatic carbocycles. The van der Waals surface area contributed by atoms with E-state index in [9.17, 15) is 0 Å². The second-order valence-electron chi connectivity index (χ2n) is 6.47. The number of hydrogen-bond acceptors (Lipinski definition) is 6. The average Bonchev–Trinajstić information content (AvgIpc) is 3.16. The molecule has 6 nitrogen and oxygen atoms in total. The molecule has 22 heavy (non-hydrogen) atoms. The third-order valence-corrected chi connectivity index (χ3v) is 4.95. The van der Waals surface area contributed by atoms with E-state index in [1.165, 1.54) is 19.3 Å². The van der Waals surface area contributed by atoms with Crippen molar-refractivity contribution in [1.29, 1.82) is 0 Å². The second-order valence-corrected chi connectivity index (χ2v) is 6.47. The zero-order valence-electron chi connectivity index (χ0n) is 12.9. The minimum atomic E-state index is 0.476. The molecule has 0 aromatic carbocycles. The van der Waals surface area contributed by atoms with Crippen LogP contribution in [0.25, 0.3) is 11.5 Å². The van der Waals surface area contributed by atoms with E-state index in [-0.39, 0.29) is 0 Å². The summed E-state index contributed by atoms with van der Waals surface area (Å²) in [5, 5.41) is 7.32. The van der Waals surface area contributed by atoms with Crippen molar-refractivity contribution in [1.82, 2.24) is 20.4 Å². The minimum absolute atomic E-state index is 0.476. The van der Waals surface area contributed by atoms with Gasteiger partial charge in [0.05, 0.1) is 0 Å². The van der Waals surface area contributed by atoms with Crippen molar-refractivity contribution in [3.05, 3.63) is 24.2 Å². The van der Waals surface area contributed by atoms with Gasteiger partial charge in [-0.25, -0.2) is 4.98 Å². The Bertz CT molecular complexity index is 662. The smallest absolute Gasteiger partial charge is 0.258 e. The summed E-state index contributed by atoms with van der Waals surface area (Å²) in [6, 6.07) is 3.99. The highest BCUT2D eigenvalue weighted by atomic mass is 16.5. The number of piperidine rings is 1. The van der Waals surface area contributed by atoms with Gasteiger partial charge in [-0.2, -0.15) is 4.98 Å². The normalized spacial score (nSPS) is 20.7. The topological polar surface area (TPSA) is 67.1 Å². The van der Waals surface area contributed by atoms with Crippen LogP contribution in [0.3, 0.4) is 0 Å². The molecule has 0 amide bonds. The van der Waals surface area contributed by atoms with Crippen LogP contribution in [0.4, 0.5) is 5.82 Å². The molecule has 2 aliphatic heterocycles. The van der Waals surface area contributed by atoms with Gasteiger partial charge in [0.15, 0.2) is 5.82 Å². The van der Waals surface area contributed by atoms with Crippen LogP contribution in [0.5, 0.6) is 0 Å². The predicted octanol–water partition coefficient (Wildman–Crippen LogP) is 2.02. The molecular weight excluding hydrogens is 278 g/mol. The highest BCUT2D eigenvalue weighted by Crippen LogP contribution is 2.40. The molecular formula is C16H21N5O. The fraction of sp³-hybridized carbons (Fsp3) is 0.562. The van der Waals surface area contributed by atoms with E-state index in [4.69, 9.17) is 4.52 Å². The Labute approximate surface area is 129 Å². The van der Waals surface area contributed by atoms with Crippen molar-refractivity contribution < 1.29 is 4.52 Å². The Morgan fingerprint density at radius 1 is 1.27 bits per heavy atom. The largest absolute Gasteiger partial charge is 0.356 e. The molecule has 2 aromatic heterocycles. The molecule has 0 atom stereocenters. The van der Waals surface area contributed by atoms with Gasteiger partial charge in [0, 0.05) is 24.8 Å². The number of hydrogen-bond donors (Lipinski definition) is 1. The first kappa shape index (κ1) is 13.7. The lowest BCUT2D eigenvalue weighted by Gasteiger charge is -2.33. The molecule has 1 spiro atoms. The van der Waals surface area contributed by atoms with Crippen LogP contribution in [-0.4, -0.2) is 41.3 Å². The maximum atomic E-state index is 5.26. The molecule has 1 N–H and O–H groups in total. The first-order chi connectivity index (χ1) is 10.7. The fourth-order valence-electron chi connectivity index (χ4n) is 3.63. The molecule has 0 radical (unpaired) electrons. The molecule has 0 unspecified atom stereocenters. The zero-order valence-corrected chi connectivity index (χ0v) is 12.9. The lowest BCUT2D eigenvalue weighted by Crippen LogP contribution is -2.38. The van der Waals surface area contributed by atoms with Crippen LogP contribution < -0.4 is 10.2 Å². The molecule has 2 aliphatic rings. The van der Waals surface area contributed by atoms with Crippen LogP contribution >= 0.6 is 0 Å². The third kappa shape index (κ3) is 2.47. The van der Waals surface area contributed by atoms with Gasteiger partial charge in [-0.1, -0.05) is 5.16 Å². The van der Waals surface area contributed by atoms with E-state index in [0.717, 1.165) is 37.6 Å². The summed E-state index contributed by atoms with van der Waals surface area (Å²) >= 11 is 0. The Balaban J connectivity index is 1.56. The summed E-state index contributed by atoms with van der Waals surface area (Å²) in [5.41, 5.74) is 1.42. The lowest BCUT2D eigenvalue weighted by molar-refractivity contribution is 0.232. The van der Waals surface area contributed by atoms with Gasteiger partial charge in [-0.3, -0.25) is 0 Å². The quantitative estimate of drug-likeness (QED) is 0.915. The lowest BCUT2D eigenvalue weighted by atomic mass is 9.78. The van der Waals surface area contributed by atoms with Crippen molar-refractivity contribution in [2.75, 3.05) is 31.1 Å². The molecule has 4 rings (SSSR count). The Kier molecular flexibility index (Phi) is 3.33. The van der Waals surface area contributed by atoms with Crippen LogP contribution in [0.2, 0.25) is 0 Å². The van der Waals surface area contributed by atoms with E-state index in [1.54, 1.807) is 0 Å². The molecule has 2 fully saturated rings. The Morgan fingerprint density at radius 2 is 2.14 bits per heavy atom. The molecule has 116 valence electrons. The highest BCUT2D eigenvalue weighted by molar-refractivity contribution is 5.59. The number of anilines is 1. The molecule has 6 heteroatoms. The SMILES string of the molecule is Cc1noc(-c2ccnc(N3CCC4(CCNCC4)C3)c2)n1. The maximum absolute atomic E-state index is 5.26. The molecule has 2 aromatic rings. The third-order valence-electron chi connectivity index (χ3n) is 4.95. The van der Waals surface area contributed by atoms with Crippen molar-refractivity contribution in [2.24, 2.45) is 5.41 Å². The summed E-state index contributed by atoms with van der Waals surface area (Å²) in [7, 11) is 0. The van der Waals surface area contributed by atoms with Gasteiger partial charge in [-0.05, 0) is 56.8 Å². The highest BCUT2D eigenvalue weighted by Gasteiger charge is 2.39. The van der Waals surface area contributed by atoms with Crippen LogP contribution in [0.1, 0.15) is 25.1 Å². The van der Waals surface area contributed by atoms with E-state index in [0.29, 0.717) is 17.1 Å². The van der Waals surface area contributed by atoms with Crippen LogP contribution in [-0.2, 0) is 0 Å². The first-order valence-corrected chi connectivity index (χ1v) is 7.97. The predicted molar refractivity (Wildman–Crippen MR) is 83.6 cm³/mol. The number of rotatable bonds is 2. The van der Waals surface area contributed by atoms with Gasteiger partial charge in [0.25, 0.3) is 5.89 Å².